The summed E-state index contributed by atoms with van der Waals surface area (Å²) in [7, 11) is 0. The molecule has 0 aromatic heterocycles. The number of hydrogen-bond acceptors (Lipinski definition) is 1. The first-order chi connectivity index (χ1) is 6.34. The van der Waals surface area contributed by atoms with E-state index in [1.165, 1.54) is 0 Å². The summed E-state index contributed by atoms with van der Waals surface area (Å²) in [6.45, 7) is 3.79. The van der Waals surface area contributed by atoms with Gasteiger partial charge in [0.15, 0.2) is 0 Å². The van der Waals surface area contributed by atoms with E-state index in [1.807, 2.05) is 19.9 Å². The fourth-order valence-corrected chi connectivity index (χ4v) is 2.02. The maximum absolute atomic E-state index is 10.1. The van der Waals surface area contributed by atoms with E-state index in [1.54, 1.807) is 12.1 Å². The predicted octanol–water partition coefficient (Wildman–Crippen LogP) is 2.96. The Balaban J connectivity index is 2.62. The van der Waals surface area contributed by atoms with Crippen LogP contribution in [-0.4, -0.2) is 5.11 Å². The second-order valence-corrected chi connectivity index (χ2v) is 4.65. The highest BCUT2D eigenvalue weighted by Crippen LogP contribution is 2.45. The van der Waals surface area contributed by atoms with Crippen LogP contribution in [0.25, 0.3) is 0 Å². The molecular formula is C11H13ClO. The third kappa shape index (κ3) is 1.36. The number of rotatable bonds is 0. The van der Waals surface area contributed by atoms with Gasteiger partial charge in [-0.25, -0.2) is 0 Å². The number of aliphatic hydroxyl groups is 1. The summed E-state index contributed by atoms with van der Waals surface area (Å²) in [5, 5.41) is 10.7. The van der Waals surface area contributed by atoms with Crippen molar-refractivity contribution in [1.82, 2.24) is 0 Å². The van der Waals surface area contributed by atoms with Crippen molar-refractivity contribution in [2.45, 2.75) is 26.3 Å². The second kappa shape index (κ2) is 2.73. The minimum absolute atomic E-state index is 0.444. The van der Waals surface area contributed by atoms with Crippen molar-refractivity contribution >= 4 is 11.6 Å². The second-order valence-electron chi connectivity index (χ2n) is 4.21. The summed E-state index contributed by atoms with van der Waals surface area (Å²) in [6.07, 6.45) is -0.799. The molecule has 13 heavy (non-hydrogen) atoms. The standard InChI is InChI=1S/C11H13ClO/c1-11(2)6-7-3-4-8(12)5-9(7)10(11)13/h3-5,10,13H,6H2,1-2H3/i10D. The third-order valence-corrected chi connectivity index (χ3v) is 2.84. The zero-order valence-corrected chi connectivity index (χ0v) is 8.52. The lowest BCUT2D eigenvalue weighted by atomic mass is 9.88. The van der Waals surface area contributed by atoms with Crippen molar-refractivity contribution in [3.63, 3.8) is 0 Å². The van der Waals surface area contributed by atoms with Crippen molar-refractivity contribution in [3.8, 4) is 0 Å². The molecule has 70 valence electrons. The maximum Gasteiger partial charge on any atom is 0.0847 e. The quantitative estimate of drug-likeness (QED) is 0.678. The fourth-order valence-electron chi connectivity index (χ4n) is 1.85. The number of hydrogen-bond donors (Lipinski definition) is 1. The van der Waals surface area contributed by atoms with Crippen molar-refractivity contribution in [1.29, 1.82) is 0 Å². The van der Waals surface area contributed by atoms with Gasteiger partial charge in [-0.05, 0) is 35.1 Å². The molecule has 0 saturated carbocycles. The molecule has 1 atom stereocenters. The molecule has 1 aliphatic rings. The Labute approximate surface area is 84.8 Å². The Morgan fingerprint density at radius 2 is 2.31 bits per heavy atom. The van der Waals surface area contributed by atoms with Crippen LogP contribution in [0.2, 0.25) is 5.02 Å². The van der Waals surface area contributed by atoms with Gasteiger partial charge in [-0.3, -0.25) is 0 Å². The maximum atomic E-state index is 10.1. The minimum atomic E-state index is -1.52. The van der Waals surface area contributed by atoms with Gasteiger partial charge in [0.05, 0.1) is 7.45 Å². The molecule has 2 rings (SSSR count). The van der Waals surface area contributed by atoms with Crippen LogP contribution in [0.15, 0.2) is 18.2 Å². The van der Waals surface area contributed by atoms with Gasteiger partial charge in [0, 0.05) is 5.02 Å². The van der Waals surface area contributed by atoms with Crippen LogP contribution in [0.3, 0.4) is 0 Å². The van der Waals surface area contributed by atoms with Gasteiger partial charge in [0.25, 0.3) is 0 Å². The van der Waals surface area contributed by atoms with Gasteiger partial charge in [-0.1, -0.05) is 31.5 Å². The van der Waals surface area contributed by atoms with Crippen molar-refractivity contribution in [2.75, 3.05) is 0 Å². The highest BCUT2D eigenvalue weighted by molar-refractivity contribution is 6.30. The molecule has 2 heteroatoms. The average molecular weight is 198 g/mol. The van der Waals surface area contributed by atoms with Crippen LogP contribution in [0.5, 0.6) is 0 Å². The normalized spacial score (nSPS) is 31.2. The average Bonchev–Trinajstić information content (AvgIpc) is 2.22. The Bertz CT molecular complexity index is 385. The van der Waals surface area contributed by atoms with Crippen LogP contribution in [-0.2, 0) is 6.42 Å². The van der Waals surface area contributed by atoms with E-state index in [2.05, 4.69) is 0 Å². The molecule has 0 amide bonds. The molecule has 0 radical (unpaired) electrons. The molecule has 1 N–H and O–H groups in total. The number of fused-ring (bicyclic) bond motifs is 1. The Kier molecular flexibility index (Phi) is 1.64. The Hall–Kier alpha value is -0.530. The Morgan fingerprint density at radius 3 is 3.00 bits per heavy atom. The van der Waals surface area contributed by atoms with E-state index in [0.717, 1.165) is 12.0 Å². The smallest absolute Gasteiger partial charge is 0.0847 e. The minimum Gasteiger partial charge on any atom is -0.388 e. The molecule has 1 unspecified atom stereocenters. The highest BCUT2D eigenvalue weighted by Gasteiger charge is 2.37. The molecule has 0 fully saturated rings. The molecule has 0 spiro atoms. The summed E-state index contributed by atoms with van der Waals surface area (Å²) >= 11 is 5.85. The lowest BCUT2D eigenvalue weighted by Gasteiger charge is -2.22. The first-order valence-electron chi connectivity index (χ1n) is 4.86. The third-order valence-electron chi connectivity index (χ3n) is 2.60. The summed E-state index contributed by atoms with van der Waals surface area (Å²) < 4.78 is 7.96. The van der Waals surface area contributed by atoms with E-state index in [9.17, 15) is 5.11 Å². The molecule has 0 bridgehead atoms. The van der Waals surface area contributed by atoms with Gasteiger partial charge < -0.3 is 5.11 Å². The van der Waals surface area contributed by atoms with Crippen molar-refractivity contribution < 1.29 is 6.48 Å². The van der Waals surface area contributed by atoms with Crippen LogP contribution in [0.1, 0.15) is 32.4 Å². The molecule has 0 aliphatic heterocycles. The van der Waals surface area contributed by atoms with Crippen molar-refractivity contribution in [3.05, 3.63) is 34.3 Å². The summed E-state index contributed by atoms with van der Waals surface area (Å²) in [4.78, 5) is 0. The van der Waals surface area contributed by atoms with Gasteiger partial charge in [0.2, 0.25) is 0 Å². The van der Waals surface area contributed by atoms with E-state index in [0.29, 0.717) is 10.6 Å². The SMILES string of the molecule is [2H]C1(O)c2cc(Cl)ccc2CC1(C)C. The number of benzene rings is 1. The summed E-state index contributed by atoms with van der Waals surface area (Å²) in [5.74, 6) is 0. The monoisotopic (exact) mass is 197 g/mol. The largest absolute Gasteiger partial charge is 0.388 e. The van der Waals surface area contributed by atoms with Gasteiger partial charge >= 0.3 is 0 Å². The molecule has 1 aliphatic carbocycles. The van der Waals surface area contributed by atoms with E-state index in [-0.39, 0.29) is 0 Å². The zero-order chi connectivity index (χ0) is 10.6. The molecule has 1 aromatic rings. The molecule has 1 nitrogen and oxygen atoms in total. The highest BCUT2D eigenvalue weighted by atomic mass is 35.5. The molecule has 1 aromatic carbocycles. The first-order valence-corrected chi connectivity index (χ1v) is 4.74. The van der Waals surface area contributed by atoms with Crippen molar-refractivity contribution in [2.24, 2.45) is 5.41 Å². The zero-order valence-electron chi connectivity index (χ0n) is 8.76. The van der Waals surface area contributed by atoms with Crippen LogP contribution in [0.4, 0.5) is 0 Å². The predicted molar refractivity (Wildman–Crippen MR) is 53.9 cm³/mol. The lowest BCUT2D eigenvalue weighted by molar-refractivity contribution is 0.0666. The van der Waals surface area contributed by atoms with E-state index >= 15 is 0 Å². The molecule has 0 saturated heterocycles. The van der Waals surface area contributed by atoms with Gasteiger partial charge in [0.1, 0.15) is 0 Å². The van der Waals surface area contributed by atoms with Gasteiger partial charge in [-0.15, -0.1) is 0 Å². The topological polar surface area (TPSA) is 20.2 Å². The summed E-state index contributed by atoms with van der Waals surface area (Å²) in [6, 6.07) is 5.39. The number of halogens is 1. The molecule has 0 heterocycles. The van der Waals surface area contributed by atoms with Crippen LogP contribution in [0, 0.1) is 5.41 Å². The molecular weight excluding hydrogens is 184 g/mol. The van der Waals surface area contributed by atoms with Crippen LogP contribution < -0.4 is 0 Å². The van der Waals surface area contributed by atoms with E-state index in [4.69, 9.17) is 13.0 Å². The van der Waals surface area contributed by atoms with Gasteiger partial charge in [-0.2, -0.15) is 0 Å². The van der Waals surface area contributed by atoms with E-state index < -0.39 is 11.5 Å². The summed E-state index contributed by atoms with van der Waals surface area (Å²) in [5.41, 5.74) is 1.23. The van der Waals surface area contributed by atoms with Crippen LogP contribution >= 0.6 is 11.6 Å². The fraction of sp³-hybridized carbons (Fsp3) is 0.455. The first kappa shape index (κ1) is 7.84. The lowest BCUT2D eigenvalue weighted by Crippen LogP contribution is -2.16. The Morgan fingerprint density at radius 1 is 1.62 bits per heavy atom.